The van der Waals surface area contributed by atoms with Crippen LogP contribution in [0.3, 0.4) is 0 Å². The van der Waals surface area contributed by atoms with E-state index in [0.29, 0.717) is 18.2 Å². The Labute approximate surface area is 111 Å². The van der Waals surface area contributed by atoms with Crippen LogP contribution in [0.5, 0.6) is 0 Å². The van der Waals surface area contributed by atoms with Gasteiger partial charge in [-0.1, -0.05) is 17.7 Å². The minimum atomic E-state index is 0.596. The number of pyridine rings is 1. The van der Waals surface area contributed by atoms with Crippen LogP contribution >= 0.6 is 11.6 Å². The van der Waals surface area contributed by atoms with Gasteiger partial charge in [0.25, 0.3) is 0 Å². The smallest absolute Gasteiger partial charge is 0.157 e. The second-order valence-corrected chi connectivity index (χ2v) is 4.20. The summed E-state index contributed by atoms with van der Waals surface area (Å²) in [5, 5.41) is 8.04. The lowest BCUT2D eigenvalue weighted by Crippen LogP contribution is -2.20. The molecular formula is C12H15ClN4O. The Morgan fingerprint density at radius 3 is 3.11 bits per heavy atom. The van der Waals surface area contributed by atoms with Crippen molar-refractivity contribution in [2.75, 3.05) is 20.3 Å². The number of halogens is 1. The fraction of sp³-hybridized carbons (Fsp3) is 0.333. The summed E-state index contributed by atoms with van der Waals surface area (Å²) >= 11 is 5.86. The van der Waals surface area contributed by atoms with Crippen LogP contribution in [-0.4, -0.2) is 35.0 Å². The maximum Gasteiger partial charge on any atom is 0.157 e. The van der Waals surface area contributed by atoms with E-state index in [1.165, 1.54) is 0 Å². The van der Waals surface area contributed by atoms with Crippen molar-refractivity contribution >= 4 is 11.6 Å². The van der Waals surface area contributed by atoms with Crippen molar-refractivity contribution in [2.45, 2.75) is 6.54 Å². The van der Waals surface area contributed by atoms with Crippen LogP contribution in [0.2, 0.25) is 5.02 Å². The van der Waals surface area contributed by atoms with Crippen LogP contribution in [0, 0.1) is 0 Å². The van der Waals surface area contributed by atoms with Crippen LogP contribution in [-0.2, 0) is 11.3 Å². The molecule has 0 aliphatic heterocycles. The minimum absolute atomic E-state index is 0.596. The molecule has 2 aromatic heterocycles. The van der Waals surface area contributed by atoms with E-state index in [4.69, 9.17) is 16.3 Å². The number of nitrogens with zero attached hydrogens (tertiary/aromatic N) is 3. The number of rotatable bonds is 6. The van der Waals surface area contributed by atoms with E-state index in [-0.39, 0.29) is 0 Å². The summed E-state index contributed by atoms with van der Waals surface area (Å²) in [6.07, 6.45) is 5.07. The predicted octanol–water partition coefficient (Wildman–Crippen LogP) is 1.66. The van der Waals surface area contributed by atoms with Gasteiger partial charge in [0.2, 0.25) is 0 Å². The maximum absolute atomic E-state index is 5.86. The zero-order valence-electron chi connectivity index (χ0n) is 10.1. The molecule has 5 nitrogen and oxygen atoms in total. The van der Waals surface area contributed by atoms with Gasteiger partial charge in [-0.2, -0.15) is 5.10 Å². The fourth-order valence-corrected chi connectivity index (χ4v) is 1.72. The molecule has 0 atom stereocenters. The Hall–Kier alpha value is -1.43. The van der Waals surface area contributed by atoms with Gasteiger partial charge in [-0.15, -0.1) is 0 Å². The molecule has 0 aliphatic carbocycles. The van der Waals surface area contributed by atoms with Gasteiger partial charge in [0.1, 0.15) is 0 Å². The first-order valence-corrected chi connectivity index (χ1v) is 6.03. The highest BCUT2D eigenvalue weighted by Crippen LogP contribution is 2.13. The Morgan fingerprint density at radius 2 is 2.39 bits per heavy atom. The lowest BCUT2D eigenvalue weighted by atomic mass is 10.2. The van der Waals surface area contributed by atoms with E-state index in [9.17, 15) is 0 Å². The summed E-state index contributed by atoms with van der Waals surface area (Å²) in [7, 11) is 1.68. The summed E-state index contributed by atoms with van der Waals surface area (Å²) in [4.78, 5) is 4.33. The normalized spacial score (nSPS) is 10.8. The summed E-state index contributed by atoms with van der Waals surface area (Å²) in [5.74, 6) is 0.786. The molecule has 2 heterocycles. The van der Waals surface area contributed by atoms with E-state index >= 15 is 0 Å². The van der Waals surface area contributed by atoms with Crippen molar-refractivity contribution < 1.29 is 4.74 Å². The van der Waals surface area contributed by atoms with Crippen LogP contribution in [0.25, 0.3) is 5.82 Å². The van der Waals surface area contributed by atoms with E-state index in [0.717, 1.165) is 17.9 Å². The van der Waals surface area contributed by atoms with Crippen molar-refractivity contribution in [1.29, 1.82) is 0 Å². The zero-order chi connectivity index (χ0) is 12.8. The van der Waals surface area contributed by atoms with Gasteiger partial charge in [0, 0.05) is 32.0 Å². The van der Waals surface area contributed by atoms with Gasteiger partial charge >= 0.3 is 0 Å². The Balaban J connectivity index is 2.10. The van der Waals surface area contributed by atoms with Crippen LogP contribution in [0.4, 0.5) is 0 Å². The highest BCUT2D eigenvalue weighted by Gasteiger charge is 2.06. The molecule has 0 spiro atoms. The van der Waals surface area contributed by atoms with Gasteiger partial charge in [-0.3, -0.25) is 0 Å². The molecule has 0 aromatic carbocycles. The molecule has 96 valence electrons. The summed E-state index contributed by atoms with van der Waals surface area (Å²) in [5.41, 5.74) is 1.06. The van der Waals surface area contributed by atoms with Crippen molar-refractivity contribution in [3.63, 3.8) is 0 Å². The summed E-state index contributed by atoms with van der Waals surface area (Å²) in [6, 6.07) is 3.92. The first-order valence-electron chi connectivity index (χ1n) is 5.65. The average Bonchev–Trinajstić information content (AvgIpc) is 2.82. The van der Waals surface area contributed by atoms with Crippen LogP contribution in [0.1, 0.15) is 5.56 Å². The number of nitrogens with one attached hydrogen (secondary N) is 1. The molecule has 0 radical (unpaired) electrons. The van der Waals surface area contributed by atoms with Gasteiger partial charge < -0.3 is 10.1 Å². The highest BCUT2D eigenvalue weighted by atomic mass is 35.5. The topological polar surface area (TPSA) is 52.0 Å². The molecule has 0 bridgehead atoms. The molecular weight excluding hydrogens is 252 g/mol. The Bertz CT molecular complexity index is 500. The van der Waals surface area contributed by atoms with E-state index in [1.54, 1.807) is 30.4 Å². The molecule has 1 N–H and O–H groups in total. The molecule has 0 amide bonds. The Morgan fingerprint density at radius 1 is 1.50 bits per heavy atom. The molecule has 2 aromatic rings. The van der Waals surface area contributed by atoms with Crippen molar-refractivity contribution in [2.24, 2.45) is 0 Å². The third kappa shape index (κ3) is 3.29. The first-order chi connectivity index (χ1) is 8.81. The predicted molar refractivity (Wildman–Crippen MR) is 70.0 cm³/mol. The lowest BCUT2D eigenvalue weighted by molar-refractivity contribution is 0.199. The third-order valence-corrected chi connectivity index (χ3v) is 2.63. The van der Waals surface area contributed by atoms with Gasteiger partial charge in [0.05, 0.1) is 24.0 Å². The van der Waals surface area contributed by atoms with Gasteiger partial charge in [0.15, 0.2) is 5.82 Å². The van der Waals surface area contributed by atoms with E-state index in [2.05, 4.69) is 15.4 Å². The minimum Gasteiger partial charge on any atom is -0.383 e. The fourth-order valence-electron chi connectivity index (χ4n) is 1.59. The quantitative estimate of drug-likeness (QED) is 0.808. The number of hydrogen-bond acceptors (Lipinski definition) is 4. The molecule has 6 heteroatoms. The average molecular weight is 267 g/mol. The standard InChI is InChI=1S/C12H15ClN4O/c1-18-6-5-14-7-10-3-2-4-15-12(10)17-9-11(13)8-16-17/h2-4,8-9,14H,5-7H2,1H3. The van der Waals surface area contributed by atoms with Crippen LogP contribution < -0.4 is 5.32 Å². The van der Waals surface area contributed by atoms with Crippen molar-refractivity contribution in [1.82, 2.24) is 20.1 Å². The van der Waals surface area contributed by atoms with Crippen molar-refractivity contribution in [3.05, 3.63) is 41.3 Å². The largest absolute Gasteiger partial charge is 0.383 e. The molecule has 0 fully saturated rings. The highest BCUT2D eigenvalue weighted by molar-refractivity contribution is 6.30. The second kappa shape index (κ2) is 6.49. The van der Waals surface area contributed by atoms with Gasteiger partial charge in [-0.05, 0) is 6.07 Å². The molecule has 18 heavy (non-hydrogen) atoms. The number of methoxy groups -OCH3 is 1. The monoisotopic (exact) mass is 266 g/mol. The number of ether oxygens (including phenoxy) is 1. The molecule has 0 saturated carbocycles. The lowest BCUT2D eigenvalue weighted by Gasteiger charge is -2.09. The molecule has 0 saturated heterocycles. The SMILES string of the molecule is COCCNCc1cccnc1-n1cc(Cl)cn1. The Kier molecular flexibility index (Phi) is 4.69. The molecule has 0 aliphatic rings. The first kappa shape index (κ1) is 13.0. The maximum atomic E-state index is 5.86. The molecule has 2 rings (SSSR count). The third-order valence-electron chi connectivity index (χ3n) is 2.43. The van der Waals surface area contributed by atoms with E-state index < -0.39 is 0 Å². The van der Waals surface area contributed by atoms with E-state index in [1.807, 2.05) is 12.1 Å². The van der Waals surface area contributed by atoms with Gasteiger partial charge in [-0.25, -0.2) is 9.67 Å². The summed E-state index contributed by atoms with van der Waals surface area (Å²) in [6.45, 7) is 2.19. The zero-order valence-corrected chi connectivity index (χ0v) is 10.9. The van der Waals surface area contributed by atoms with Crippen molar-refractivity contribution in [3.8, 4) is 5.82 Å². The number of hydrogen-bond donors (Lipinski definition) is 1. The van der Waals surface area contributed by atoms with Crippen LogP contribution in [0.15, 0.2) is 30.7 Å². The number of aromatic nitrogens is 3. The molecule has 0 unspecified atom stereocenters. The second-order valence-electron chi connectivity index (χ2n) is 3.76. The summed E-state index contributed by atoms with van der Waals surface area (Å²) < 4.78 is 6.66.